The Labute approximate surface area is 143 Å². The summed E-state index contributed by atoms with van der Waals surface area (Å²) >= 11 is 0. The van der Waals surface area contributed by atoms with Gasteiger partial charge in [0.25, 0.3) is 0 Å². The van der Waals surface area contributed by atoms with E-state index in [9.17, 15) is 22.8 Å². The Hall–Kier alpha value is -2.09. The molecule has 3 atom stereocenters. The first kappa shape index (κ1) is 17.7. The molecule has 2 aliphatic rings. The van der Waals surface area contributed by atoms with Crippen LogP contribution in [0.1, 0.15) is 24.1 Å². The lowest BCUT2D eigenvalue weighted by molar-refractivity contribution is -0.149. The first-order valence-corrected chi connectivity index (χ1v) is 8.25. The number of rotatable bonds is 2. The van der Waals surface area contributed by atoms with Crippen LogP contribution in [-0.4, -0.2) is 42.9 Å². The molecular weight excluding hydrogens is 335 g/mol. The van der Waals surface area contributed by atoms with Crippen LogP contribution in [0.5, 0.6) is 0 Å². The zero-order chi connectivity index (χ0) is 18.2. The second kappa shape index (κ2) is 6.67. The molecule has 0 aromatic heterocycles. The third-order valence-electron chi connectivity index (χ3n) is 4.89. The van der Waals surface area contributed by atoms with Crippen molar-refractivity contribution in [3.63, 3.8) is 0 Å². The summed E-state index contributed by atoms with van der Waals surface area (Å²) in [5, 5.41) is 5.70. The van der Waals surface area contributed by atoms with Gasteiger partial charge in [-0.1, -0.05) is 25.1 Å². The maximum absolute atomic E-state index is 13.4. The van der Waals surface area contributed by atoms with Crippen molar-refractivity contribution in [2.24, 2.45) is 11.8 Å². The molecule has 0 bridgehead atoms. The predicted octanol–water partition coefficient (Wildman–Crippen LogP) is 1.56. The number of nitrogens with zero attached hydrogens (tertiary/aromatic N) is 1. The van der Waals surface area contributed by atoms with Gasteiger partial charge in [-0.25, -0.2) is 0 Å². The van der Waals surface area contributed by atoms with E-state index in [4.69, 9.17) is 0 Å². The number of halogens is 3. The van der Waals surface area contributed by atoms with E-state index in [1.54, 1.807) is 0 Å². The number of carbonyl (C=O) groups excluding carboxylic acids is 2. The highest BCUT2D eigenvalue weighted by Crippen LogP contribution is 2.37. The lowest BCUT2D eigenvalue weighted by Gasteiger charge is -2.38. The maximum atomic E-state index is 13.4. The molecule has 2 amide bonds. The second-order valence-electron chi connectivity index (χ2n) is 6.55. The van der Waals surface area contributed by atoms with Gasteiger partial charge in [-0.05, 0) is 24.1 Å². The Morgan fingerprint density at radius 3 is 2.60 bits per heavy atom. The number of piperazine rings is 1. The predicted molar refractivity (Wildman–Crippen MR) is 84.4 cm³/mol. The van der Waals surface area contributed by atoms with Gasteiger partial charge < -0.3 is 15.5 Å². The number of benzene rings is 1. The quantitative estimate of drug-likeness (QED) is 0.846. The van der Waals surface area contributed by atoms with E-state index >= 15 is 0 Å². The molecule has 1 unspecified atom stereocenters. The van der Waals surface area contributed by atoms with E-state index < -0.39 is 23.7 Å². The van der Waals surface area contributed by atoms with Gasteiger partial charge in [0.05, 0.1) is 11.5 Å². The van der Waals surface area contributed by atoms with Crippen molar-refractivity contribution in [2.75, 3.05) is 26.2 Å². The van der Waals surface area contributed by atoms with Crippen molar-refractivity contribution >= 4 is 11.8 Å². The molecule has 5 nitrogen and oxygen atoms in total. The fourth-order valence-electron chi connectivity index (χ4n) is 3.56. The van der Waals surface area contributed by atoms with Crippen LogP contribution in [0.15, 0.2) is 24.3 Å². The number of hydrogen-bond donors (Lipinski definition) is 2. The first-order valence-electron chi connectivity index (χ1n) is 8.25. The molecule has 1 aromatic rings. The number of alkyl halides is 3. The van der Waals surface area contributed by atoms with Crippen molar-refractivity contribution in [2.45, 2.75) is 19.1 Å². The fraction of sp³-hybridized carbons (Fsp3) is 0.529. The summed E-state index contributed by atoms with van der Waals surface area (Å²) in [6, 6.07) is 3.69. The highest BCUT2D eigenvalue weighted by Gasteiger charge is 2.44. The molecule has 1 aromatic carbocycles. The van der Waals surface area contributed by atoms with Gasteiger partial charge in [0.2, 0.25) is 11.8 Å². The van der Waals surface area contributed by atoms with E-state index in [-0.39, 0.29) is 36.4 Å². The third-order valence-corrected chi connectivity index (χ3v) is 4.89. The Morgan fingerprint density at radius 1 is 1.24 bits per heavy atom. The van der Waals surface area contributed by atoms with E-state index in [0.29, 0.717) is 13.1 Å². The molecule has 25 heavy (non-hydrogen) atoms. The van der Waals surface area contributed by atoms with E-state index in [1.807, 2.05) is 6.92 Å². The molecule has 2 N–H and O–H groups in total. The van der Waals surface area contributed by atoms with Crippen molar-refractivity contribution in [3.8, 4) is 0 Å². The van der Waals surface area contributed by atoms with Gasteiger partial charge >= 0.3 is 6.18 Å². The topological polar surface area (TPSA) is 61.4 Å². The van der Waals surface area contributed by atoms with Gasteiger partial charge in [-0.15, -0.1) is 0 Å². The van der Waals surface area contributed by atoms with Crippen molar-refractivity contribution in [3.05, 3.63) is 35.4 Å². The summed E-state index contributed by atoms with van der Waals surface area (Å²) < 4.78 is 40.1. The zero-order valence-electron chi connectivity index (χ0n) is 13.8. The van der Waals surface area contributed by atoms with Gasteiger partial charge in [0, 0.05) is 19.6 Å². The largest absolute Gasteiger partial charge is 0.416 e. The van der Waals surface area contributed by atoms with Crippen LogP contribution in [0.4, 0.5) is 13.2 Å². The Kier molecular flexibility index (Phi) is 4.73. The molecule has 8 heteroatoms. The van der Waals surface area contributed by atoms with Crippen LogP contribution in [0.2, 0.25) is 0 Å². The van der Waals surface area contributed by atoms with Gasteiger partial charge in [-0.3, -0.25) is 9.59 Å². The van der Waals surface area contributed by atoms with Crippen molar-refractivity contribution < 1.29 is 22.8 Å². The zero-order valence-corrected chi connectivity index (χ0v) is 13.8. The summed E-state index contributed by atoms with van der Waals surface area (Å²) in [5.74, 6) is -1.09. The summed E-state index contributed by atoms with van der Waals surface area (Å²) in [7, 11) is 0. The minimum Gasteiger partial charge on any atom is -0.352 e. The number of amides is 2. The SMILES string of the molecule is C[C@@H]1CNC[C@H]1C(=O)N1CCNC(=O)C1c1ccccc1C(F)(F)F. The normalized spacial score (nSPS) is 27.3. The highest BCUT2D eigenvalue weighted by atomic mass is 19.4. The Balaban J connectivity index is 1.99. The molecule has 3 rings (SSSR count). The highest BCUT2D eigenvalue weighted by molar-refractivity contribution is 5.91. The summed E-state index contributed by atoms with van der Waals surface area (Å²) in [5.41, 5.74) is -1.06. The smallest absolute Gasteiger partial charge is 0.352 e. The standard InChI is InChI=1S/C17H20F3N3O2/c1-10-8-21-9-12(10)16(25)23-7-6-22-15(24)14(23)11-4-2-3-5-13(11)17(18,19)20/h2-5,10,12,14,21H,6-9H2,1H3,(H,22,24)/t10-,12-,14?/m1/s1. The third kappa shape index (κ3) is 3.35. The molecule has 2 aliphatic heterocycles. The van der Waals surface area contributed by atoms with Crippen LogP contribution in [0.25, 0.3) is 0 Å². The summed E-state index contributed by atoms with van der Waals surface area (Å²) in [6.45, 7) is 3.52. The Morgan fingerprint density at radius 2 is 1.96 bits per heavy atom. The van der Waals surface area contributed by atoms with Gasteiger partial charge in [0.15, 0.2) is 0 Å². The lowest BCUT2D eigenvalue weighted by Crippen LogP contribution is -2.54. The number of nitrogens with one attached hydrogen (secondary N) is 2. The van der Waals surface area contributed by atoms with Crippen LogP contribution >= 0.6 is 0 Å². The molecule has 136 valence electrons. The minimum atomic E-state index is -4.59. The van der Waals surface area contributed by atoms with E-state index in [0.717, 1.165) is 6.07 Å². The molecule has 0 saturated carbocycles. The average molecular weight is 355 g/mol. The van der Waals surface area contributed by atoms with Gasteiger partial charge in [-0.2, -0.15) is 13.2 Å². The molecule has 2 heterocycles. The van der Waals surface area contributed by atoms with Crippen LogP contribution in [-0.2, 0) is 15.8 Å². The van der Waals surface area contributed by atoms with Crippen LogP contribution in [0, 0.1) is 11.8 Å². The molecule has 2 fully saturated rings. The van der Waals surface area contributed by atoms with E-state index in [1.165, 1.54) is 23.1 Å². The molecule has 0 spiro atoms. The van der Waals surface area contributed by atoms with Crippen molar-refractivity contribution in [1.29, 1.82) is 0 Å². The van der Waals surface area contributed by atoms with Gasteiger partial charge in [0.1, 0.15) is 6.04 Å². The number of carbonyl (C=O) groups is 2. The monoisotopic (exact) mass is 355 g/mol. The van der Waals surface area contributed by atoms with E-state index in [2.05, 4.69) is 10.6 Å². The van der Waals surface area contributed by atoms with Crippen LogP contribution in [0.3, 0.4) is 0 Å². The van der Waals surface area contributed by atoms with Crippen LogP contribution < -0.4 is 10.6 Å². The second-order valence-corrected chi connectivity index (χ2v) is 6.55. The number of hydrogen-bond acceptors (Lipinski definition) is 3. The maximum Gasteiger partial charge on any atom is 0.416 e. The Bertz CT molecular complexity index is 677. The minimum absolute atomic E-state index is 0.0796. The summed E-state index contributed by atoms with van der Waals surface area (Å²) in [6.07, 6.45) is -4.59. The fourth-order valence-corrected chi connectivity index (χ4v) is 3.56. The molecular formula is C17H20F3N3O2. The molecule has 0 aliphatic carbocycles. The average Bonchev–Trinajstić information content (AvgIpc) is 2.99. The first-order chi connectivity index (χ1) is 11.8. The summed E-state index contributed by atoms with van der Waals surface area (Å²) in [4.78, 5) is 26.6. The molecule has 0 radical (unpaired) electrons. The van der Waals surface area contributed by atoms with Crippen molar-refractivity contribution in [1.82, 2.24) is 15.5 Å². The lowest BCUT2D eigenvalue weighted by atomic mass is 9.92. The molecule has 2 saturated heterocycles.